The number of rotatable bonds is 2. The lowest BCUT2D eigenvalue weighted by atomic mass is 10.00. The van der Waals surface area contributed by atoms with Crippen LogP contribution in [-0.2, 0) is 4.79 Å². The fraction of sp³-hybridized carbons (Fsp3) is 0.909. The number of piperazine rings is 1. The van der Waals surface area contributed by atoms with E-state index in [0.29, 0.717) is 24.3 Å². The number of carbonyl (C=O) groups is 1. The van der Waals surface area contributed by atoms with E-state index in [4.69, 9.17) is 0 Å². The predicted molar refractivity (Wildman–Crippen MR) is 58.1 cm³/mol. The van der Waals surface area contributed by atoms with Crippen molar-refractivity contribution in [1.82, 2.24) is 9.80 Å². The molecule has 0 aromatic carbocycles. The lowest BCUT2D eigenvalue weighted by molar-refractivity contribution is -0.134. The summed E-state index contributed by atoms with van der Waals surface area (Å²) in [6.45, 7) is 9.19. The number of carbonyl (C=O) groups excluding carboxylic acids is 1. The van der Waals surface area contributed by atoms with Crippen LogP contribution in [0, 0.1) is 5.92 Å². The molecule has 3 heteroatoms. The molecule has 0 aromatic rings. The van der Waals surface area contributed by atoms with Crippen LogP contribution in [-0.4, -0.2) is 48.4 Å². The van der Waals surface area contributed by atoms with E-state index in [1.807, 2.05) is 11.8 Å². The molecule has 1 fully saturated rings. The van der Waals surface area contributed by atoms with Gasteiger partial charge in [-0.05, 0) is 13.0 Å². The zero-order chi connectivity index (χ0) is 10.7. The van der Waals surface area contributed by atoms with Gasteiger partial charge in [0.05, 0.1) is 0 Å². The third-order valence-electron chi connectivity index (χ3n) is 3.12. The topological polar surface area (TPSA) is 23.6 Å². The number of nitrogens with zero attached hydrogens (tertiary/aromatic N) is 2. The van der Waals surface area contributed by atoms with E-state index in [-0.39, 0.29) is 0 Å². The second-order valence-corrected chi connectivity index (χ2v) is 4.49. The van der Waals surface area contributed by atoms with Crippen LogP contribution < -0.4 is 0 Å². The maximum atomic E-state index is 11.5. The highest BCUT2D eigenvalue weighted by Crippen LogP contribution is 2.15. The summed E-state index contributed by atoms with van der Waals surface area (Å²) in [6.07, 6.45) is 0.633. The lowest BCUT2D eigenvalue weighted by Gasteiger charge is -2.41. The molecule has 1 rings (SSSR count). The molecule has 1 amide bonds. The summed E-state index contributed by atoms with van der Waals surface area (Å²) in [6, 6.07) is 0.527. The number of likely N-dealkylation sites (N-methyl/N-ethyl adjacent to an activating group) is 1. The van der Waals surface area contributed by atoms with Crippen LogP contribution in [0.5, 0.6) is 0 Å². The van der Waals surface area contributed by atoms with Gasteiger partial charge in [-0.3, -0.25) is 9.69 Å². The summed E-state index contributed by atoms with van der Waals surface area (Å²) in [5.74, 6) is 0.913. The van der Waals surface area contributed by atoms with Crippen LogP contribution in [0.25, 0.3) is 0 Å². The lowest BCUT2D eigenvalue weighted by Crippen LogP contribution is -2.54. The molecule has 1 aliphatic rings. The van der Waals surface area contributed by atoms with Crippen molar-refractivity contribution < 1.29 is 4.79 Å². The fourth-order valence-corrected chi connectivity index (χ4v) is 2.07. The van der Waals surface area contributed by atoms with Gasteiger partial charge in [0.1, 0.15) is 0 Å². The quantitative estimate of drug-likeness (QED) is 0.665. The summed E-state index contributed by atoms with van der Waals surface area (Å²) in [7, 11) is 2.15. The Hall–Kier alpha value is -0.570. The Labute approximate surface area is 87.1 Å². The summed E-state index contributed by atoms with van der Waals surface area (Å²) < 4.78 is 0. The Morgan fingerprint density at radius 1 is 1.43 bits per heavy atom. The average Bonchev–Trinajstić information content (AvgIpc) is 2.17. The molecule has 1 heterocycles. The minimum Gasteiger partial charge on any atom is -0.340 e. The van der Waals surface area contributed by atoms with Crippen molar-refractivity contribution in [2.24, 2.45) is 5.92 Å². The summed E-state index contributed by atoms with van der Waals surface area (Å²) in [4.78, 5) is 15.9. The molecule has 3 nitrogen and oxygen atoms in total. The molecular formula is C11H22N2O. The van der Waals surface area contributed by atoms with E-state index in [2.05, 4.69) is 25.8 Å². The molecule has 1 saturated heterocycles. The Balaban J connectivity index is 2.57. The summed E-state index contributed by atoms with van der Waals surface area (Å²) >= 11 is 0. The molecule has 1 unspecified atom stereocenters. The first-order chi connectivity index (χ1) is 6.56. The Bertz CT molecular complexity index is 203. The van der Waals surface area contributed by atoms with Crippen molar-refractivity contribution >= 4 is 5.91 Å². The van der Waals surface area contributed by atoms with Crippen molar-refractivity contribution in [1.29, 1.82) is 0 Å². The Morgan fingerprint density at radius 2 is 2.07 bits per heavy atom. The third-order valence-corrected chi connectivity index (χ3v) is 3.12. The van der Waals surface area contributed by atoms with Crippen LogP contribution in [0.15, 0.2) is 0 Å². The van der Waals surface area contributed by atoms with Crippen LogP contribution in [0.1, 0.15) is 27.2 Å². The van der Waals surface area contributed by atoms with Gasteiger partial charge in [-0.25, -0.2) is 0 Å². The summed E-state index contributed by atoms with van der Waals surface area (Å²) in [5.41, 5.74) is 0. The van der Waals surface area contributed by atoms with Crippen molar-refractivity contribution in [3.63, 3.8) is 0 Å². The molecule has 1 atom stereocenters. The smallest absolute Gasteiger partial charge is 0.222 e. The first kappa shape index (κ1) is 11.5. The monoisotopic (exact) mass is 198 g/mol. The maximum Gasteiger partial charge on any atom is 0.222 e. The molecule has 1 aliphatic heterocycles. The molecule has 0 aromatic heterocycles. The molecule has 0 aliphatic carbocycles. The van der Waals surface area contributed by atoms with Gasteiger partial charge in [-0.1, -0.05) is 20.8 Å². The first-order valence-electron chi connectivity index (χ1n) is 5.54. The van der Waals surface area contributed by atoms with Gasteiger partial charge < -0.3 is 4.90 Å². The predicted octanol–water partition coefficient (Wildman–Crippen LogP) is 1.19. The van der Waals surface area contributed by atoms with E-state index in [1.165, 1.54) is 0 Å². The van der Waals surface area contributed by atoms with E-state index in [0.717, 1.165) is 19.6 Å². The largest absolute Gasteiger partial charge is 0.340 e. The molecule has 14 heavy (non-hydrogen) atoms. The maximum absolute atomic E-state index is 11.5. The highest BCUT2D eigenvalue weighted by Gasteiger charge is 2.28. The number of hydrogen-bond donors (Lipinski definition) is 0. The van der Waals surface area contributed by atoms with Crippen molar-refractivity contribution in [3.05, 3.63) is 0 Å². The average molecular weight is 198 g/mol. The zero-order valence-corrected chi connectivity index (χ0v) is 9.79. The Kier molecular flexibility index (Phi) is 3.93. The van der Waals surface area contributed by atoms with E-state index >= 15 is 0 Å². The highest BCUT2D eigenvalue weighted by molar-refractivity contribution is 5.75. The minimum atomic E-state index is 0.295. The van der Waals surface area contributed by atoms with Crippen LogP contribution >= 0.6 is 0 Å². The number of amides is 1. The standard InChI is InChI=1S/C11H22N2O/c1-5-11(14)13-7-6-12(4)10(8-13)9(2)3/h9-10H,5-8H2,1-4H3. The van der Waals surface area contributed by atoms with E-state index in [9.17, 15) is 4.79 Å². The van der Waals surface area contributed by atoms with Gasteiger partial charge in [0, 0.05) is 32.1 Å². The van der Waals surface area contributed by atoms with Gasteiger partial charge in [0.25, 0.3) is 0 Å². The minimum absolute atomic E-state index is 0.295. The van der Waals surface area contributed by atoms with Crippen molar-refractivity contribution in [2.45, 2.75) is 33.2 Å². The van der Waals surface area contributed by atoms with Gasteiger partial charge in [0.15, 0.2) is 0 Å². The zero-order valence-electron chi connectivity index (χ0n) is 9.79. The Morgan fingerprint density at radius 3 is 2.57 bits per heavy atom. The fourth-order valence-electron chi connectivity index (χ4n) is 2.07. The van der Waals surface area contributed by atoms with Crippen LogP contribution in [0.3, 0.4) is 0 Å². The molecule has 0 spiro atoms. The highest BCUT2D eigenvalue weighted by atomic mass is 16.2. The van der Waals surface area contributed by atoms with Gasteiger partial charge in [-0.2, -0.15) is 0 Å². The molecule has 0 radical (unpaired) electrons. The second-order valence-electron chi connectivity index (χ2n) is 4.49. The van der Waals surface area contributed by atoms with Crippen molar-refractivity contribution in [2.75, 3.05) is 26.7 Å². The van der Waals surface area contributed by atoms with Crippen LogP contribution in [0.2, 0.25) is 0 Å². The second kappa shape index (κ2) is 4.78. The van der Waals surface area contributed by atoms with Crippen LogP contribution in [0.4, 0.5) is 0 Å². The molecule has 0 N–H and O–H groups in total. The third kappa shape index (κ3) is 2.47. The summed E-state index contributed by atoms with van der Waals surface area (Å²) in [5, 5.41) is 0. The molecule has 0 bridgehead atoms. The van der Waals surface area contributed by atoms with Gasteiger partial charge >= 0.3 is 0 Å². The van der Waals surface area contributed by atoms with Gasteiger partial charge in [0.2, 0.25) is 5.91 Å². The number of hydrogen-bond acceptors (Lipinski definition) is 2. The van der Waals surface area contributed by atoms with Gasteiger partial charge in [-0.15, -0.1) is 0 Å². The molecular weight excluding hydrogens is 176 g/mol. The van der Waals surface area contributed by atoms with E-state index < -0.39 is 0 Å². The molecule has 82 valence electrons. The van der Waals surface area contributed by atoms with Crippen molar-refractivity contribution in [3.8, 4) is 0 Å². The first-order valence-corrected chi connectivity index (χ1v) is 5.54. The van der Waals surface area contributed by atoms with E-state index in [1.54, 1.807) is 0 Å². The normalized spacial score (nSPS) is 24.4. The molecule has 0 saturated carbocycles. The SMILES string of the molecule is CCC(=O)N1CCN(C)C(C(C)C)C1.